The van der Waals surface area contributed by atoms with E-state index in [1.165, 1.54) is 0 Å². The third-order valence-electron chi connectivity index (χ3n) is 2.51. The van der Waals surface area contributed by atoms with Crippen LogP contribution < -0.4 is 0 Å². The van der Waals surface area contributed by atoms with Gasteiger partial charge < -0.3 is 5.11 Å². The molecule has 0 aliphatic heterocycles. The van der Waals surface area contributed by atoms with Gasteiger partial charge in [-0.15, -0.1) is 0 Å². The van der Waals surface area contributed by atoms with Crippen LogP contribution in [0.3, 0.4) is 0 Å². The van der Waals surface area contributed by atoms with E-state index >= 15 is 0 Å². The van der Waals surface area contributed by atoms with Gasteiger partial charge in [0.1, 0.15) is 4.60 Å². The first kappa shape index (κ1) is 18.9. The summed E-state index contributed by atoms with van der Waals surface area (Å²) in [6.45, 7) is 1.96. The Hall–Kier alpha value is -3.15. The first-order valence-corrected chi connectivity index (χ1v) is 6.82. The fraction of sp³-hybridized carbons (Fsp3) is 0.0833. The van der Waals surface area contributed by atoms with Gasteiger partial charge in [0, 0.05) is 5.69 Å². The molecule has 0 aliphatic rings. The lowest BCUT2D eigenvalue weighted by Gasteiger charge is -1.97. The van der Waals surface area contributed by atoms with Crippen LogP contribution in [-0.4, -0.2) is 24.9 Å². The number of aromatic nitrogens is 1. The van der Waals surface area contributed by atoms with Crippen LogP contribution in [0.1, 0.15) is 5.69 Å². The van der Waals surface area contributed by atoms with Crippen LogP contribution in [0.15, 0.2) is 34.9 Å². The van der Waals surface area contributed by atoms with Crippen molar-refractivity contribution in [2.24, 2.45) is 0 Å². The minimum Gasteiger partial charge on any atom is -0.497 e. The molecule has 2 aromatic rings. The number of aryl methyl sites for hydroxylation is 1. The molecule has 0 saturated carbocycles. The molecular formula is C12H9BrN4O7. The molecule has 0 atom stereocenters. The highest BCUT2D eigenvalue weighted by molar-refractivity contribution is 9.10. The smallest absolute Gasteiger partial charge is 0.324 e. The summed E-state index contributed by atoms with van der Waals surface area (Å²) < 4.78 is 0.900. The zero-order valence-electron chi connectivity index (χ0n) is 12.0. The number of phenolic OH excluding ortho intramolecular Hbond substituents is 1. The molecule has 0 amide bonds. The van der Waals surface area contributed by atoms with Crippen molar-refractivity contribution in [1.82, 2.24) is 4.98 Å². The molecule has 1 aromatic carbocycles. The average molecular weight is 401 g/mol. The predicted molar refractivity (Wildman–Crippen MR) is 84.7 cm³/mol. The van der Waals surface area contributed by atoms with Gasteiger partial charge in [0.05, 0.1) is 26.9 Å². The topological polar surface area (TPSA) is 163 Å². The second-order valence-electron chi connectivity index (χ2n) is 4.21. The molecule has 0 bridgehead atoms. The Morgan fingerprint density at radius 2 is 1.50 bits per heavy atom. The summed E-state index contributed by atoms with van der Waals surface area (Å²) in [5, 5.41) is 40.2. The van der Waals surface area contributed by atoms with Crippen LogP contribution in [0.5, 0.6) is 5.75 Å². The summed E-state index contributed by atoms with van der Waals surface area (Å²) in [4.78, 5) is 31.9. The maximum atomic E-state index is 10.4. The van der Waals surface area contributed by atoms with Crippen molar-refractivity contribution in [3.05, 3.63) is 71.0 Å². The zero-order valence-corrected chi connectivity index (χ0v) is 13.5. The molecular weight excluding hydrogens is 392 g/mol. The Morgan fingerprint density at radius 3 is 1.79 bits per heavy atom. The molecule has 0 aliphatic carbocycles. The molecule has 1 heterocycles. The maximum absolute atomic E-state index is 10.4. The fourth-order valence-corrected chi connectivity index (χ4v) is 1.92. The van der Waals surface area contributed by atoms with Crippen LogP contribution in [0.25, 0.3) is 0 Å². The van der Waals surface area contributed by atoms with E-state index in [0.29, 0.717) is 12.1 Å². The summed E-state index contributed by atoms with van der Waals surface area (Å²) in [6.07, 6.45) is 0. The molecule has 24 heavy (non-hydrogen) atoms. The third kappa shape index (κ3) is 4.95. The molecule has 1 N–H and O–H groups in total. The van der Waals surface area contributed by atoms with Gasteiger partial charge in [-0.2, -0.15) is 0 Å². The second kappa shape index (κ2) is 7.92. The van der Waals surface area contributed by atoms with Crippen molar-refractivity contribution < 1.29 is 19.9 Å². The zero-order chi connectivity index (χ0) is 18.4. The lowest BCUT2D eigenvalue weighted by atomic mass is 10.2. The molecule has 0 saturated heterocycles. The number of nitro groups is 3. The Labute approximate surface area is 142 Å². The largest absolute Gasteiger partial charge is 0.497 e. The maximum Gasteiger partial charge on any atom is 0.324 e. The standard InChI is InChI=1S/C6H6BrN.C6H3N3O7/c1-5-3-2-4-6(7)8-5;10-6-4(8(13)14)1-3(7(11)12)2-5(6)9(15)16/h2-4H,1H3;1-2,10H. The Bertz CT molecular complexity index is 759. The van der Waals surface area contributed by atoms with Crippen LogP contribution >= 0.6 is 15.9 Å². The molecule has 1 aromatic heterocycles. The molecule has 2 rings (SSSR count). The van der Waals surface area contributed by atoms with E-state index in [1.807, 2.05) is 25.1 Å². The normalized spacial score (nSPS) is 9.58. The highest BCUT2D eigenvalue weighted by atomic mass is 79.9. The van der Waals surface area contributed by atoms with Crippen LogP contribution in [0.4, 0.5) is 17.1 Å². The summed E-state index contributed by atoms with van der Waals surface area (Å²) >= 11 is 3.25. The molecule has 126 valence electrons. The lowest BCUT2D eigenvalue weighted by molar-refractivity contribution is -0.404. The number of hydrogen-bond donors (Lipinski definition) is 1. The number of benzene rings is 1. The van der Waals surface area contributed by atoms with Crippen molar-refractivity contribution >= 4 is 33.0 Å². The van der Waals surface area contributed by atoms with Crippen molar-refractivity contribution in [2.45, 2.75) is 6.92 Å². The van der Waals surface area contributed by atoms with E-state index in [9.17, 15) is 30.3 Å². The molecule has 12 heteroatoms. The minimum atomic E-state index is -1.21. The van der Waals surface area contributed by atoms with Gasteiger partial charge in [-0.1, -0.05) is 6.07 Å². The van der Waals surface area contributed by atoms with Crippen molar-refractivity contribution in [3.63, 3.8) is 0 Å². The molecule has 11 nitrogen and oxygen atoms in total. The van der Waals surface area contributed by atoms with Crippen molar-refractivity contribution in [3.8, 4) is 5.75 Å². The number of non-ortho nitro benzene ring substituents is 1. The van der Waals surface area contributed by atoms with Crippen molar-refractivity contribution in [1.29, 1.82) is 0 Å². The van der Waals surface area contributed by atoms with Gasteiger partial charge in [-0.25, -0.2) is 4.98 Å². The molecule has 0 unspecified atom stereocenters. The quantitative estimate of drug-likeness (QED) is 0.465. The second-order valence-corrected chi connectivity index (χ2v) is 5.02. The predicted octanol–water partition coefficient (Wildman–Crippen LogP) is 3.27. The van der Waals surface area contributed by atoms with Crippen molar-refractivity contribution in [2.75, 3.05) is 0 Å². The number of aromatic hydroxyl groups is 1. The van der Waals surface area contributed by atoms with Gasteiger partial charge in [-0.3, -0.25) is 30.3 Å². The number of halogens is 1. The van der Waals surface area contributed by atoms with Crippen LogP contribution in [0, 0.1) is 37.3 Å². The number of pyridine rings is 1. The van der Waals surface area contributed by atoms with E-state index in [4.69, 9.17) is 5.11 Å². The van der Waals surface area contributed by atoms with Gasteiger partial charge in [0.25, 0.3) is 11.4 Å². The minimum absolute atomic E-state index is 0.447. The average Bonchev–Trinajstić information content (AvgIpc) is 2.46. The first-order chi connectivity index (χ1) is 11.1. The van der Waals surface area contributed by atoms with E-state index < -0.39 is 37.6 Å². The van der Waals surface area contributed by atoms with Crippen LogP contribution in [-0.2, 0) is 0 Å². The monoisotopic (exact) mass is 400 g/mol. The number of hydrogen-bond acceptors (Lipinski definition) is 8. The Balaban J connectivity index is 0.000000300. The molecule has 0 spiro atoms. The highest BCUT2D eigenvalue weighted by Crippen LogP contribution is 2.38. The molecule has 0 fully saturated rings. The van der Waals surface area contributed by atoms with Crippen LogP contribution in [0.2, 0.25) is 0 Å². The number of phenols is 1. The third-order valence-corrected chi connectivity index (χ3v) is 2.95. The Morgan fingerprint density at radius 1 is 1.00 bits per heavy atom. The first-order valence-electron chi connectivity index (χ1n) is 6.02. The number of nitrogens with zero attached hydrogens (tertiary/aromatic N) is 4. The van der Waals surface area contributed by atoms with Gasteiger partial charge in [0.2, 0.25) is 0 Å². The summed E-state index contributed by atoms with van der Waals surface area (Å²) in [6, 6.07) is 6.73. The van der Waals surface area contributed by atoms with E-state index in [1.54, 1.807) is 0 Å². The fourth-order valence-electron chi connectivity index (χ4n) is 1.48. The van der Waals surface area contributed by atoms with Gasteiger partial charge in [-0.05, 0) is 35.0 Å². The van der Waals surface area contributed by atoms with E-state index in [2.05, 4.69) is 20.9 Å². The number of nitro benzene ring substituents is 3. The summed E-state index contributed by atoms with van der Waals surface area (Å²) in [5.74, 6) is -1.21. The molecule has 0 radical (unpaired) electrons. The highest BCUT2D eigenvalue weighted by Gasteiger charge is 2.30. The van der Waals surface area contributed by atoms with E-state index in [0.717, 1.165) is 10.3 Å². The van der Waals surface area contributed by atoms with Gasteiger partial charge >= 0.3 is 11.4 Å². The summed E-state index contributed by atoms with van der Waals surface area (Å²) in [7, 11) is 0. The van der Waals surface area contributed by atoms with Gasteiger partial charge in [0.15, 0.2) is 0 Å². The number of rotatable bonds is 3. The van der Waals surface area contributed by atoms with E-state index in [-0.39, 0.29) is 0 Å². The Kier molecular flexibility index (Phi) is 6.23. The lowest BCUT2D eigenvalue weighted by Crippen LogP contribution is -1.97. The SMILES string of the molecule is Cc1cccc(Br)n1.O=[N+]([O-])c1cc([N+](=O)[O-])c(O)c([N+](=O)[O-])c1. The summed E-state index contributed by atoms with van der Waals surface area (Å²) in [5.41, 5.74) is -1.96.